The largest absolute Gasteiger partial charge is 0.352 e. The first-order valence-corrected chi connectivity index (χ1v) is 9.34. The minimum Gasteiger partial charge on any atom is -0.352 e. The molecule has 1 aliphatic rings. The highest BCUT2D eigenvalue weighted by molar-refractivity contribution is 6.13. The van der Waals surface area contributed by atoms with Gasteiger partial charge >= 0.3 is 0 Å². The van der Waals surface area contributed by atoms with E-state index in [1.165, 1.54) is 6.92 Å². The normalized spacial score (nSPS) is 17.3. The zero-order valence-corrected chi connectivity index (χ0v) is 15.9. The van der Waals surface area contributed by atoms with Crippen molar-refractivity contribution >= 4 is 34.6 Å². The van der Waals surface area contributed by atoms with Gasteiger partial charge in [0.25, 0.3) is 0 Å². The van der Waals surface area contributed by atoms with Crippen molar-refractivity contribution in [1.82, 2.24) is 4.98 Å². The van der Waals surface area contributed by atoms with Gasteiger partial charge in [0.1, 0.15) is 5.78 Å². The van der Waals surface area contributed by atoms with Crippen LogP contribution in [0.1, 0.15) is 68.1 Å². The molecule has 0 spiro atoms. The molecule has 1 N–H and O–H groups in total. The summed E-state index contributed by atoms with van der Waals surface area (Å²) in [5, 5.41) is 0.984. The Morgan fingerprint density at radius 2 is 2.12 bits per heavy atom. The number of carbonyl (C=O) groups excluding carboxylic acids is 3. The van der Waals surface area contributed by atoms with E-state index < -0.39 is 5.92 Å². The number of aryl methyl sites for hydroxylation is 1. The highest BCUT2D eigenvalue weighted by Gasteiger charge is 2.31. The lowest BCUT2D eigenvalue weighted by Crippen LogP contribution is -2.21. The first-order valence-electron chi connectivity index (χ1n) is 9.34. The average molecular weight is 354 g/mol. The molecule has 3 rings (SSSR count). The molecule has 0 saturated heterocycles. The molecule has 26 heavy (non-hydrogen) atoms. The molecule has 1 aliphatic carbocycles. The lowest BCUT2D eigenvalue weighted by atomic mass is 9.95. The van der Waals surface area contributed by atoms with Crippen molar-refractivity contribution in [2.24, 2.45) is 5.92 Å². The van der Waals surface area contributed by atoms with Crippen LogP contribution >= 0.6 is 0 Å². The number of benzene rings is 1. The summed E-state index contributed by atoms with van der Waals surface area (Å²) >= 11 is 0. The van der Waals surface area contributed by atoms with E-state index in [-0.39, 0.29) is 17.5 Å². The molecule has 2 aromatic rings. The van der Waals surface area contributed by atoms with Crippen LogP contribution in [0.2, 0.25) is 0 Å². The fourth-order valence-electron chi connectivity index (χ4n) is 3.96. The van der Waals surface area contributed by atoms with Crippen LogP contribution in [-0.2, 0) is 16.0 Å². The average Bonchev–Trinajstić information content (AvgIpc) is 2.87. The Labute approximate surface area is 153 Å². The Hall–Kier alpha value is -2.43. The van der Waals surface area contributed by atoms with E-state index in [0.717, 1.165) is 47.0 Å². The van der Waals surface area contributed by atoms with Crippen molar-refractivity contribution in [1.29, 1.82) is 0 Å². The third-order valence-corrected chi connectivity index (χ3v) is 5.43. The number of anilines is 1. The summed E-state index contributed by atoms with van der Waals surface area (Å²) in [6.45, 7) is 8.21. The van der Waals surface area contributed by atoms with Gasteiger partial charge in [0.2, 0.25) is 6.41 Å². The molecule has 0 saturated carbocycles. The lowest BCUT2D eigenvalue weighted by Gasteiger charge is -2.21. The molecule has 1 heterocycles. The zero-order chi connectivity index (χ0) is 19.0. The first-order chi connectivity index (χ1) is 12.4. The molecule has 0 fully saturated rings. The number of nitrogens with zero attached hydrogens (tertiary/aromatic N) is 1. The van der Waals surface area contributed by atoms with Crippen LogP contribution in [0, 0.1) is 5.92 Å². The summed E-state index contributed by atoms with van der Waals surface area (Å²) in [6, 6.07) is 4.07. The van der Waals surface area contributed by atoms with Crippen molar-refractivity contribution in [2.45, 2.75) is 52.9 Å². The quantitative estimate of drug-likeness (QED) is 0.501. The second-order valence-corrected chi connectivity index (χ2v) is 7.40. The Bertz CT molecular complexity index is 879. The van der Waals surface area contributed by atoms with Crippen LogP contribution < -0.4 is 4.90 Å². The summed E-state index contributed by atoms with van der Waals surface area (Å²) in [4.78, 5) is 41.3. The third kappa shape index (κ3) is 2.96. The van der Waals surface area contributed by atoms with Crippen molar-refractivity contribution in [2.75, 3.05) is 11.4 Å². The number of carbonyl (C=O) groups is 3. The predicted molar refractivity (Wildman–Crippen MR) is 103 cm³/mol. The molecule has 5 nitrogen and oxygen atoms in total. The maximum atomic E-state index is 12.9. The van der Waals surface area contributed by atoms with Gasteiger partial charge in [0, 0.05) is 23.1 Å². The molecule has 0 bridgehead atoms. The van der Waals surface area contributed by atoms with Gasteiger partial charge in [-0.05, 0) is 62.3 Å². The van der Waals surface area contributed by atoms with Gasteiger partial charge in [-0.2, -0.15) is 0 Å². The van der Waals surface area contributed by atoms with Gasteiger partial charge in [-0.25, -0.2) is 0 Å². The number of aromatic amines is 1. The monoisotopic (exact) mass is 354 g/mol. The van der Waals surface area contributed by atoms with E-state index >= 15 is 0 Å². The minimum absolute atomic E-state index is 0.0665. The van der Waals surface area contributed by atoms with Crippen molar-refractivity contribution in [3.63, 3.8) is 0 Å². The SMILES string of the molecule is CCN(C=O)c1cc2c3c([nH]c2cc1C(C)C)C(=O)C(C(C)=O)CCC3. The number of hydrogen-bond donors (Lipinski definition) is 1. The first kappa shape index (κ1) is 18.4. The fraction of sp³-hybridized carbons (Fsp3) is 0.476. The van der Waals surface area contributed by atoms with E-state index in [0.29, 0.717) is 18.7 Å². The number of amides is 1. The molecular formula is C21H26N2O3. The molecule has 1 unspecified atom stereocenters. The van der Waals surface area contributed by atoms with Crippen LogP contribution in [0.15, 0.2) is 12.1 Å². The van der Waals surface area contributed by atoms with Crippen molar-refractivity contribution in [3.05, 3.63) is 29.0 Å². The molecular weight excluding hydrogens is 328 g/mol. The van der Waals surface area contributed by atoms with Gasteiger partial charge in [-0.15, -0.1) is 0 Å². The maximum absolute atomic E-state index is 12.9. The Morgan fingerprint density at radius 3 is 2.69 bits per heavy atom. The lowest BCUT2D eigenvalue weighted by molar-refractivity contribution is -0.119. The summed E-state index contributed by atoms with van der Waals surface area (Å²) in [7, 11) is 0. The van der Waals surface area contributed by atoms with Gasteiger partial charge in [-0.1, -0.05) is 13.8 Å². The topological polar surface area (TPSA) is 70.2 Å². The summed E-state index contributed by atoms with van der Waals surface area (Å²) in [6.07, 6.45) is 3.03. The number of hydrogen-bond acceptors (Lipinski definition) is 3. The van der Waals surface area contributed by atoms with Gasteiger partial charge < -0.3 is 9.88 Å². The maximum Gasteiger partial charge on any atom is 0.214 e. The number of ketones is 2. The third-order valence-electron chi connectivity index (χ3n) is 5.43. The molecule has 5 heteroatoms. The number of nitrogens with one attached hydrogen (secondary N) is 1. The van der Waals surface area contributed by atoms with E-state index in [1.54, 1.807) is 4.90 Å². The molecule has 1 aromatic carbocycles. The molecule has 1 atom stereocenters. The van der Waals surface area contributed by atoms with Gasteiger partial charge in [0.15, 0.2) is 5.78 Å². The molecule has 1 aromatic heterocycles. The summed E-state index contributed by atoms with van der Waals surface area (Å²) < 4.78 is 0. The highest BCUT2D eigenvalue weighted by atomic mass is 16.2. The zero-order valence-electron chi connectivity index (χ0n) is 15.9. The fourth-order valence-corrected chi connectivity index (χ4v) is 3.96. The van der Waals surface area contributed by atoms with Crippen LogP contribution in [0.3, 0.4) is 0 Å². The summed E-state index contributed by atoms with van der Waals surface area (Å²) in [5.74, 6) is -0.470. The van der Waals surface area contributed by atoms with Gasteiger partial charge in [-0.3, -0.25) is 14.4 Å². The molecule has 0 aliphatic heterocycles. The van der Waals surface area contributed by atoms with E-state index in [4.69, 9.17) is 0 Å². The van der Waals surface area contributed by atoms with Crippen LogP contribution in [0.4, 0.5) is 5.69 Å². The van der Waals surface area contributed by atoms with Crippen LogP contribution in [-0.4, -0.2) is 29.5 Å². The standard InChI is InChI=1S/C21H26N2O3/c1-5-23(11-24)19-10-17-15-8-6-7-14(13(4)25)21(26)20(15)22-18(17)9-16(19)12(2)3/h9-12,14,22H,5-8H2,1-4H3. The second-order valence-electron chi connectivity index (χ2n) is 7.40. The minimum atomic E-state index is -0.546. The van der Waals surface area contributed by atoms with Crippen LogP contribution in [0.5, 0.6) is 0 Å². The van der Waals surface area contributed by atoms with E-state index in [2.05, 4.69) is 18.8 Å². The number of Topliss-reactive ketones (excluding diaryl/α,β-unsaturated/α-hetero) is 2. The smallest absolute Gasteiger partial charge is 0.214 e. The highest BCUT2D eigenvalue weighted by Crippen LogP contribution is 2.37. The van der Waals surface area contributed by atoms with E-state index in [9.17, 15) is 14.4 Å². The number of rotatable bonds is 5. The Balaban J connectivity index is 2.24. The molecule has 1 amide bonds. The van der Waals surface area contributed by atoms with Gasteiger partial charge in [0.05, 0.1) is 11.6 Å². The Kier molecular flexibility index (Phi) is 4.99. The second kappa shape index (κ2) is 7.06. The van der Waals surface area contributed by atoms with Crippen LogP contribution in [0.25, 0.3) is 10.9 Å². The number of aromatic nitrogens is 1. The Morgan fingerprint density at radius 1 is 1.38 bits per heavy atom. The van der Waals surface area contributed by atoms with Crippen molar-refractivity contribution in [3.8, 4) is 0 Å². The molecule has 138 valence electrons. The predicted octanol–water partition coefficient (Wildman–Crippen LogP) is 4.00. The number of H-pyrrole nitrogens is 1. The summed E-state index contributed by atoms with van der Waals surface area (Å²) in [5.41, 5.74) is 4.41. The van der Waals surface area contributed by atoms with Crippen molar-refractivity contribution < 1.29 is 14.4 Å². The number of fused-ring (bicyclic) bond motifs is 3. The molecule has 0 radical (unpaired) electrons. The van der Waals surface area contributed by atoms with E-state index in [1.807, 2.05) is 19.1 Å².